The highest BCUT2D eigenvalue weighted by atomic mass is 32.2. The highest BCUT2D eigenvalue weighted by Crippen LogP contribution is 2.20. The summed E-state index contributed by atoms with van der Waals surface area (Å²) in [5, 5.41) is 2.92. The van der Waals surface area contributed by atoms with Crippen LogP contribution in [0.4, 0.5) is 5.69 Å². The second-order valence-corrected chi connectivity index (χ2v) is 10.8. The van der Waals surface area contributed by atoms with Gasteiger partial charge in [-0.25, -0.2) is 8.42 Å². The summed E-state index contributed by atoms with van der Waals surface area (Å²) in [6.07, 6.45) is 2.13. The van der Waals surface area contributed by atoms with Crippen LogP contribution >= 0.6 is 0 Å². The molecule has 1 N–H and O–H groups in total. The number of hydrogen-bond acceptors (Lipinski definition) is 4. The monoisotopic (exact) mass is 487 g/mol. The lowest BCUT2D eigenvalue weighted by Gasteiger charge is -2.31. The topological polar surface area (TPSA) is 86.8 Å². The lowest BCUT2D eigenvalue weighted by Crippen LogP contribution is -2.50. The normalized spacial score (nSPS) is 12.3. The average Bonchev–Trinajstić information content (AvgIpc) is 2.75. The van der Waals surface area contributed by atoms with E-state index >= 15 is 0 Å². The van der Waals surface area contributed by atoms with Crippen LogP contribution in [0.25, 0.3) is 0 Å². The number of hydrogen-bond donors (Lipinski definition) is 1. The van der Waals surface area contributed by atoms with Gasteiger partial charge in [0.25, 0.3) is 0 Å². The van der Waals surface area contributed by atoms with Crippen molar-refractivity contribution in [3.8, 4) is 0 Å². The van der Waals surface area contributed by atoms with Gasteiger partial charge >= 0.3 is 0 Å². The zero-order chi connectivity index (χ0) is 25.3. The number of nitrogens with zero attached hydrogens (tertiary/aromatic N) is 2. The van der Waals surface area contributed by atoms with Crippen LogP contribution in [-0.2, 0) is 26.2 Å². The van der Waals surface area contributed by atoms with Crippen molar-refractivity contribution in [3.05, 3.63) is 65.7 Å². The van der Waals surface area contributed by atoms with E-state index in [4.69, 9.17) is 0 Å². The number of carbonyl (C=O) groups is 2. The predicted molar refractivity (Wildman–Crippen MR) is 137 cm³/mol. The molecule has 0 aliphatic heterocycles. The largest absolute Gasteiger partial charge is 0.352 e. The fraction of sp³-hybridized carbons (Fsp3) is 0.462. The lowest BCUT2D eigenvalue weighted by atomic mass is 10.1. The number of nitrogens with one attached hydrogen (secondary N) is 1. The van der Waals surface area contributed by atoms with Gasteiger partial charge in [0.2, 0.25) is 21.8 Å². The molecule has 0 bridgehead atoms. The van der Waals surface area contributed by atoms with E-state index in [-0.39, 0.29) is 30.8 Å². The summed E-state index contributed by atoms with van der Waals surface area (Å²) in [6, 6.07) is 16.2. The van der Waals surface area contributed by atoms with E-state index in [9.17, 15) is 18.0 Å². The van der Waals surface area contributed by atoms with E-state index in [2.05, 4.69) is 5.32 Å². The molecule has 2 rings (SSSR count). The Morgan fingerprint density at radius 1 is 1.03 bits per heavy atom. The van der Waals surface area contributed by atoms with Crippen LogP contribution in [0.5, 0.6) is 0 Å². The van der Waals surface area contributed by atoms with Crippen LogP contribution in [0.3, 0.4) is 0 Å². The Balaban J connectivity index is 2.19. The zero-order valence-electron chi connectivity index (χ0n) is 20.8. The van der Waals surface area contributed by atoms with Gasteiger partial charge in [-0.2, -0.15) is 0 Å². The van der Waals surface area contributed by atoms with E-state index in [1.807, 2.05) is 76.2 Å². The maximum atomic E-state index is 13.3. The molecule has 1 atom stereocenters. The van der Waals surface area contributed by atoms with Crippen molar-refractivity contribution in [1.29, 1.82) is 0 Å². The Morgan fingerprint density at radius 3 is 2.26 bits per heavy atom. The Kier molecular flexibility index (Phi) is 10.1. The molecular formula is C26H37N3O4S. The van der Waals surface area contributed by atoms with Crippen molar-refractivity contribution in [1.82, 2.24) is 10.2 Å². The molecule has 34 heavy (non-hydrogen) atoms. The molecule has 7 nitrogen and oxygen atoms in total. The third-order valence-corrected chi connectivity index (χ3v) is 6.65. The van der Waals surface area contributed by atoms with Gasteiger partial charge in [-0.1, -0.05) is 49.4 Å². The first-order chi connectivity index (χ1) is 16.0. The van der Waals surface area contributed by atoms with Crippen molar-refractivity contribution < 1.29 is 18.0 Å². The number of amides is 2. The number of benzene rings is 2. The molecule has 0 spiro atoms. The minimum absolute atomic E-state index is 0.0344. The van der Waals surface area contributed by atoms with Gasteiger partial charge in [0, 0.05) is 25.6 Å². The quantitative estimate of drug-likeness (QED) is 0.492. The zero-order valence-corrected chi connectivity index (χ0v) is 21.6. The standard InChI is InChI=1S/C26H37N3O4S/c1-6-24(26(31)27-20(2)3)28(19-22-13-8-7-9-14-22)25(30)16-11-17-29(34(5,32)33)23-15-10-12-21(4)18-23/h7-10,12-15,18,20,24H,6,11,16-17,19H2,1-5H3,(H,27,31)/t24-/m0/s1. The molecule has 2 aromatic carbocycles. The van der Waals surface area contributed by atoms with E-state index < -0.39 is 16.1 Å². The van der Waals surface area contributed by atoms with Gasteiger partial charge in [-0.05, 0) is 56.9 Å². The number of anilines is 1. The fourth-order valence-corrected chi connectivity index (χ4v) is 4.82. The number of sulfonamides is 1. The molecular weight excluding hydrogens is 450 g/mol. The van der Waals surface area contributed by atoms with Crippen LogP contribution < -0.4 is 9.62 Å². The fourth-order valence-electron chi connectivity index (χ4n) is 3.87. The molecule has 186 valence electrons. The van der Waals surface area contributed by atoms with Crippen LogP contribution in [0.15, 0.2) is 54.6 Å². The Hall–Kier alpha value is -2.87. The highest BCUT2D eigenvalue weighted by molar-refractivity contribution is 7.92. The van der Waals surface area contributed by atoms with Crippen molar-refractivity contribution in [2.45, 2.75) is 65.6 Å². The maximum absolute atomic E-state index is 13.3. The molecule has 0 heterocycles. The second-order valence-electron chi connectivity index (χ2n) is 8.87. The predicted octanol–water partition coefficient (Wildman–Crippen LogP) is 3.87. The average molecular weight is 488 g/mol. The van der Waals surface area contributed by atoms with Gasteiger partial charge in [0.15, 0.2) is 0 Å². The molecule has 0 saturated carbocycles. The molecule has 0 aliphatic rings. The third-order valence-electron chi connectivity index (χ3n) is 5.45. The first-order valence-corrected chi connectivity index (χ1v) is 13.6. The van der Waals surface area contributed by atoms with E-state index in [1.54, 1.807) is 11.0 Å². The molecule has 0 aliphatic carbocycles. The summed E-state index contributed by atoms with van der Waals surface area (Å²) < 4.78 is 26.2. The van der Waals surface area contributed by atoms with Crippen molar-refractivity contribution in [3.63, 3.8) is 0 Å². The van der Waals surface area contributed by atoms with Gasteiger partial charge in [-0.3, -0.25) is 13.9 Å². The molecule has 0 unspecified atom stereocenters. The van der Waals surface area contributed by atoms with Crippen LogP contribution in [0.2, 0.25) is 0 Å². The van der Waals surface area contributed by atoms with E-state index in [0.717, 1.165) is 11.1 Å². The summed E-state index contributed by atoms with van der Waals surface area (Å²) in [6.45, 7) is 8.07. The number of carbonyl (C=O) groups excluding carboxylic acids is 2. The summed E-state index contributed by atoms with van der Waals surface area (Å²) >= 11 is 0. The SMILES string of the molecule is CC[C@@H](C(=O)NC(C)C)N(Cc1ccccc1)C(=O)CCCN(c1cccc(C)c1)S(C)(=O)=O. The summed E-state index contributed by atoms with van der Waals surface area (Å²) in [5.41, 5.74) is 2.47. The minimum Gasteiger partial charge on any atom is -0.352 e. The Bertz CT molecular complexity index is 1050. The van der Waals surface area contributed by atoms with Crippen LogP contribution in [-0.4, -0.2) is 50.0 Å². The van der Waals surface area contributed by atoms with Crippen LogP contribution in [0, 0.1) is 6.92 Å². The molecule has 2 aromatic rings. The van der Waals surface area contributed by atoms with Gasteiger partial charge < -0.3 is 10.2 Å². The third kappa shape index (κ3) is 8.17. The number of aryl methyl sites for hydroxylation is 1. The van der Waals surface area contributed by atoms with Gasteiger partial charge in [0.05, 0.1) is 11.9 Å². The molecule has 0 radical (unpaired) electrons. The minimum atomic E-state index is -3.51. The van der Waals surface area contributed by atoms with Crippen LogP contribution in [0.1, 0.15) is 51.2 Å². The van der Waals surface area contributed by atoms with Gasteiger partial charge in [-0.15, -0.1) is 0 Å². The van der Waals surface area contributed by atoms with Crippen molar-refractivity contribution in [2.75, 3.05) is 17.1 Å². The molecule has 8 heteroatoms. The Morgan fingerprint density at radius 2 is 1.71 bits per heavy atom. The lowest BCUT2D eigenvalue weighted by molar-refractivity contribution is -0.141. The summed E-state index contributed by atoms with van der Waals surface area (Å²) in [5.74, 6) is -0.355. The van der Waals surface area contributed by atoms with E-state index in [1.165, 1.54) is 10.6 Å². The van der Waals surface area contributed by atoms with Crippen molar-refractivity contribution >= 4 is 27.5 Å². The van der Waals surface area contributed by atoms with E-state index in [0.29, 0.717) is 25.1 Å². The molecule has 0 fully saturated rings. The first-order valence-electron chi connectivity index (χ1n) is 11.7. The summed E-state index contributed by atoms with van der Waals surface area (Å²) in [7, 11) is -3.51. The number of rotatable bonds is 12. The maximum Gasteiger partial charge on any atom is 0.243 e. The molecule has 0 saturated heterocycles. The molecule has 0 aromatic heterocycles. The second kappa shape index (κ2) is 12.6. The summed E-state index contributed by atoms with van der Waals surface area (Å²) in [4.78, 5) is 27.8. The first kappa shape index (κ1) is 27.4. The highest BCUT2D eigenvalue weighted by Gasteiger charge is 2.29. The van der Waals surface area contributed by atoms with Crippen molar-refractivity contribution in [2.24, 2.45) is 0 Å². The van der Waals surface area contributed by atoms with Gasteiger partial charge in [0.1, 0.15) is 6.04 Å². The molecule has 2 amide bonds. The smallest absolute Gasteiger partial charge is 0.243 e. The Labute approximate surface area is 204 Å².